The number of fused-ring (bicyclic) bond motifs is 35. The zero-order valence-electron chi connectivity index (χ0n) is 52.8. The molecule has 5 aliphatic rings. The first-order valence-corrected chi connectivity index (χ1v) is 34.2. The Morgan fingerprint density at radius 1 is 0.376 bits per heavy atom. The molecule has 0 amide bonds. The van der Waals surface area contributed by atoms with Gasteiger partial charge in [0.05, 0.1) is 48.3 Å². The number of imidazole rings is 2. The number of pyridine rings is 10. The maximum absolute atomic E-state index is 6.30. The molecule has 25 heterocycles. The van der Waals surface area contributed by atoms with E-state index in [1.165, 1.54) is 53.4 Å². The van der Waals surface area contributed by atoms with Gasteiger partial charge < -0.3 is 22.1 Å². The van der Waals surface area contributed by atoms with Gasteiger partial charge in [0.25, 0.3) is 34.4 Å². The van der Waals surface area contributed by atoms with Crippen molar-refractivity contribution in [2.75, 3.05) is 0 Å². The molecule has 478 valence electrons. The predicted molar refractivity (Wildman–Crippen MR) is 372 cm³/mol. The van der Waals surface area contributed by atoms with Crippen molar-refractivity contribution < 1.29 is 44.9 Å². The Morgan fingerprint density at radius 3 is 1.62 bits per heavy atom. The average Bonchev–Trinajstić information content (AvgIpc) is 1.11. The highest BCUT2D eigenvalue weighted by molar-refractivity contribution is 7.25. The minimum absolute atomic E-state index is 0.716. The van der Waals surface area contributed by atoms with Crippen LogP contribution < -0.4 is 22.8 Å². The summed E-state index contributed by atoms with van der Waals surface area (Å²) in [5.41, 5.74) is 25.1. The Morgan fingerprint density at radius 2 is 0.911 bits per heavy atom. The number of thiophene rings is 1. The number of nitrogens with zero attached hydrogens (tertiary/aromatic N) is 18. The summed E-state index contributed by atoms with van der Waals surface area (Å²) in [5.74, 6) is 4.95. The Hall–Kier alpha value is -13.4. The molecule has 20 aromatic heterocycles. The van der Waals surface area contributed by atoms with E-state index in [0.29, 0.717) is 5.58 Å². The number of benzene rings is 1. The van der Waals surface area contributed by atoms with Crippen molar-refractivity contribution in [1.82, 2.24) is 63.2 Å². The van der Waals surface area contributed by atoms with Crippen molar-refractivity contribution in [2.24, 2.45) is 0 Å². The molecule has 21 aromatic rings. The van der Waals surface area contributed by atoms with E-state index in [1.807, 2.05) is 170 Å². The van der Waals surface area contributed by atoms with Gasteiger partial charge in [0.1, 0.15) is 37.0 Å². The van der Waals surface area contributed by atoms with Crippen molar-refractivity contribution >= 4 is 120 Å². The summed E-state index contributed by atoms with van der Waals surface area (Å²) >= 11 is 3.52. The number of para-hydroxylation sites is 1. The molecule has 0 saturated heterocycles. The van der Waals surface area contributed by atoms with Crippen molar-refractivity contribution in [3.63, 3.8) is 0 Å². The molecule has 0 N–H and O–H groups in total. The fraction of sp³-hybridized carbons (Fsp3) is 0.0658. The van der Waals surface area contributed by atoms with Crippen LogP contribution in [-0.2, 0) is 32.7 Å². The van der Waals surface area contributed by atoms with Crippen LogP contribution in [0.2, 0.25) is 0 Å². The summed E-state index contributed by atoms with van der Waals surface area (Å²) in [6, 6.07) is 40.2. The van der Waals surface area contributed by atoms with Crippen molar-refractivity contribution in [3.8, 4) is 62.8 Å². The summed E-state index contributed by atoms with van der Waals surface area (Å²) < 4.78 is 49.9. The zero-order valence-corrected chi connectivity index (χ0v) is 54.4. The molecule has 0 aliphatic carbocycles. The normalized spacial score (nSPS) is 13.0. The second-order valence-electron chi connectivity index (χ2n) is 24.9. The largest absolute Gasteiger partial charge is 0.423 e. The molecular weight excluding hydrogens is 1310 g/mol. The zero-order chi connectivity index (χ0) is 66.0. The van der Waals surface area contributed by atoms with Gasteiger partial charge in [0, 0.05) is 110 Å². The standard InChI is InChI=1S/C20H13N4O.C14H9N4O.C14H9N4S.C14H8N3O2.C14H8N3OS/c1-2-5-14(6-3-1)24-16-7-4-9-22-17(16)18-19(24)23-12-13-11-21-10-8-15(13)20(23)25-18;2*1-2-11-13(16-4-1)18-12(19-11)8-17-7-9-6-15-5-3-10(9)14(17)18;1-2-10-11(16-4-1)12-14(18-10)17-7-8-6-15-5-3-9(8)13(17)19-12;1-2-10-11(16-4-1)12-14(19-10)17-7-8-6-15-5-3-9(8)13(17)18-12/h1-11H,12H2;2*1-6,8H,7H2;2*1-6H,7H2/q5*+1. The molecule has 101 heavy (non-hydrogen) atoms. The maximum atomic E-state index is 6.30. The Balaban J connectivity index is 0.0000000805. The number of oxazole rings is 4. The lowest BCUT2D eigenvalue weighted by atomic mass is 10.2. The van der Waals surface area contributed by atoms with E-state index in [0.717, 1.165) is 162 Å². The van der Waals surface area contributed by atoms with Crippen molar-refractivity contribution in [2.45, 2.75) is 32.7 Å². The van der Waals surface area contributed by atoms with E-state index >= 15 is 0 Å². The minimum Gasteiger partial charge on any atom is -0.414 e. The topological polar surface area (TPSA) is 228 Å². The molecule has 26 rings (SSSR count). The second kappa shape index (κ2) is 21.6. The smallest absolute Gasteiger partial charge is 0.414 e. The molecule has 0 fully saturated rings. The molecule has 0 unspecified atom stereocenters. The lowest BCUT2D eigenvalue weighted by molar-refractivity contribution is -0.670. The molecule has 5 aliphatic heterocycles. The van der Waals surface area contributed by atoms with Crippen LogP contribution in [0.4, 0.5) is 0 Å². The monoisotopic (exact) mass is 1360 g/mol. The molecule has 25 heteroatoms. The predicted octanol–water partition coefficient (Wildman–Crippen LogP) is 12.6. The van der Waals surface area contributed by atoms with E-state index < -0.39 is 0 Å². The van der Waals surface area contributed by atoms with Gasteiger partial charge in [0.15, 0.2) is 47.0 Å². The molecular formula is C76H47N18O5S2+5. The third kappa shape index (κ3) is 8.34. The molecule has 0 bridgehead atoms. The lowest BCUT2D eigenvalue weighted by Crippen LogP contribution is -2.32. The summed E-state index contributed by atoms with van der Waals surface area (Å²) in [7, 11) is 0. The Bertz CT molecular complexity index is 6690. The van der Waals surface area contributed by atoms with Gasteiger partial charge in [-0.05, 0) is 103 Å². The Labute approximate surface area is 575 Å². The fourth-order valence-electron chi connectivity index (χ4n) is 14.9. The third-order valence-corrected chi connectivity index (χ3v) is 21.4. The van der Waals surface area contributed by atoms with Gasteiger partial charge in [-0.2, -0.15) is 13.5 Å². The van der Waals surface area contributed by atoms with E-state index in [1.54, 1.807) is 41.3 Å². The second-order valence-corrected chi connectivity index (χ2v) is 27.0. The van der Waals surface area contributed by atoms with Crippen LogP contribution in [-0.4, -0.2) is 63.2 Å². The van der Waals surface area contributed by atoms with Crippen LogP contribution in [0.25, 0.3) is 160 Å². The summed E-state index contributed by atoms with van der Waals surface area (Å²) in [5, 5.41) is 0. The Kier molecular flexibility index (Phi) is 11.9. The van der Waals surface area contributed by atoms with Crippen LogP contribution in [0.1, 0.15) is 27.8 Å². The van der Waals surface area contributed by atoms with E-state index in [4.69, 9.17) is 22.1 Å². The first kappa shape index (κ1) is 55.7. The number of thiazole rings is 1. The molecule has 0 spiro atoms. The van der Waals surface area contributed by atoms with Gasteiger partial charge in [-0.3, -0.25) is 29.9 Å². The van der Waals surface area contributed by atoms with Crippen molar-refractivity contribution in [3.05, 3.63) is 254 Å². The van der Waals surface area contributed by atoms with Gasteiger partial charge in [-0.1, -0.05) is 40.9 Å². The first-order valence-electron chi connectivity index (χ1n) is 32.6. The van der Waals surface area contributed by atoms with Crippen LogP contribution >= 0.6 is 22.7 Å². The summed E-state index contributed by atoms with van der Waals surface area (Å²) in [6.07, 6.45) is 31.9. The quantitative estimate of drug-likeness (QED) is 0.139. The van der Waals surface area contributed by atoms with Gasteiger partial charge in [0.2, 0.25) is 16.1 Å². The molecule has 1 aromatic carbocycles. The van der Waals surface area contributed by atoms with Crippen LogP contribution in [0.15, 0.2) is 249 Å². The van der Waals surface area contributed by atoms with E-state index in [-0.39, 0.29) is 0 Å². The van der Waals surface area contributed by atoms with Gasteiger partial charge in [-0.15, -0.1) is 13.5 Å². The van der Waals surface area contributed by atoms with Crippen LogP contribution in [0.5, 0.6) is 0 Å². The van der Waals surface area contributed by atoms with E-state index in [9.17, 15) is 0 Å². The van der Waals surface area contributed by atoms with Crippen molar-refractivity contribution in [1.29, 1.82) is 0 Å². The molecule has 23 nitrogen and oxygen atoms in total. The van der Waals surface area contributed by atoms with Gasteiger partial charge in [-0.25, -0.2) is 29.1 Å². The highest BCUT2D eigenvalue weighted by Gasteiger charge is 2.41. The SMILES string of the molecule is c1ccc(-n2c3cccnc3c3oc4[n+](c32)Cc2cnccc2-4)cc1.c1cnc2c(c1)oc1c2oc2[n+]1Cc1cnccc1-2.c1cnc2c(c1)oc1c[n+]3c(n12)-c1ccncc1C3.c1cnc2c(c1)sc1c2oc2[n+]1Cc1cnccc1-2.c1cnc2c(c1)sc1c[n+]3c(n12)-c1ccncc1C3. The van der Waals surface area contributed by atoms with Crippen LogP contribution in [0, 0.1) is 0 Å². The molecule has 0 atom stereocenters. The number of rotatable bonds is 1. The fourth-order valence-corrected chi connectivity index (χ4v) is 17.0. The highest BCUT2D eigenvalue weighted by Crippen LogP contribution is 2.41. The summed E-state index contributed by atoms with van der Waals surface area (Å²) in [6.45, 7) is 4.06. The number of aromatic nitrogens is 18. The third-order valence-electron chi connectivity index (χ3n) is 19.2. The molecule has 0 radical (unpaired) electrons. The van der Waals surface area contributed by atoms with E-state index in [2.05, 4.69) is 124 Å². The number of hydrogen-bond donors (Lipinski definition) is 0. The average molecular weight is 1360 g/mol. The summed E-state index contributed by atoms with van der Waals surface area (Å²) in [4.78, 5) is 45.7. The maximum Gasteiger partial charge on any atom is 0.423 e. The van der Waals surface area contributed by atoms with Gasteiger partial charge >= 0.3 is 33.7 Å². The van der Waals surface area contributed by atoms with Crippen LogP contribution in [0.3, 0.4) is 0 Å². The number of hydrogen-bond acceptors (Lipinski definition) is 17. The molecule has 0 saturated carbocycles. The number of furan rings is 1. The lowest BCUT2D eigenvalue weighted by Gasteiger charge is -1.99. The highest BCUT2D eigenvalue weighted by atomic mass is 32.1. The minimum atomic E-state index is 0.716. The first-order chi connectivity index (χ1) is 50.1.